The molecule has 1 heterocycles. The van der Waals surface area contributed by atoms with Crippen LogP contribution in [-0.4, -0.2) is 24.3 Å². The topological polar surface area (TPSA) is 20.3 Å². The van der Waals surface area contributed by atoms with Gasteiger partial charge in [-0.25, -0.2) is 4.39 Å². The van der Waals surface area contributed by atoms with Crippen molar-refractivity contribution < 1.29 is 9.18 Å². The molecule has 0 spiro atoms. The van der Waals surface area contributed by atoms with Crippen LogP contribution in [0.2, 0.25) is 4.34 Å². The number of halogens is 2. The number of nitrogens with zero attached hydrogens (tertiary/aromatic N) is 1. The molecule has 0 saturated carbocycles. The van der Waals surface area contributed by atoms with Crippen LogP contribution in [-0.2, 0) is 6.54 Å². The Balaban J connectivity index is 1.86. The molecule has 0 radical (unpaired) electrons. The number of thiophene rings is 1. The van der Waals surface area contributed by atoms with Crippen molar-refractivity contribution in [1.82, 2.24) is 4.90 Å². The van der Waals surface area contributed by atoms with E-state index >= 15 is 0 Å². The zero-order chi connectivity index (χ0) is 15.4. The monoisotopic (exact) mass is 325 g/mol. The van der Waals surface area contributed by atoms with E-state index in [-0.39, 0.29) is 11.6 Å². The quantitative estimate of drug-likeness (QED) is 0.726. The van der Waals surface area contributed by atoms with Crippen molar-refractivity contribution in [2.75, 3.05) is 13.6 Å². The lowest BCUT2D eigenvalue weighted by Crippen LogP contribution is -2.21. The standard InChI is InChI=1S/C16H17ClFNOS/c1-11-3-4-12(9-14(11)18)15(20)7-8-19(2)10-13-5-6-16(17)21-13/h3-6,9H,7-8,10H2,1-2H3. The second-order valence-corrected chi connectivity index (χ2v) is 6.88. The highest BCUT2D eigenvalue weighted by molar-refractivity contribution is 7.16. The van der Waals surface area contributed by atoms with E-state index in [1.807, 2.05) is 19.2 Å². The van der Waals surface area contributed by atoms with Crippen molar-refractivity contribution >= 4 is 28.7 Å². The minimum atomic E-state index is -0.331. The van der Waals surface area contributed by atoms with E-state index in [1.54, 1.807) is 19.1 Å². The Labute approximate surface area is 133 Å². The van der Waals surface area contributed by atoms with Crippen LogP contribution in [0.5, 0.6) is 0 Å². The summed E-state index contributed by atoms with van der Waals surface area (Å²) < 4.78 is 14.2. The molecule has 2 nitrogen and oxygen atoms in total. The molecule has 1 aromatic carbocycles. The highest BCUT2D eigenvalue weighted by Crippen LogP contribution is 2.22. The minimum absolute atomic E-state index is 0.0371. The van der Waals surface area contributed by atoms with Gasteiger partial charge in [0.05, 0.1) is 4.34 Å². The average Bonchev–Trinajstić information content (AvgIpc) is 2.84. The maximum Gasteiger partial charge on any atom is 0.164 e. The Morgan fingerprint density at radius 1 is 1.33 bits per heavy atom. The number of aryl methyl sites for hydroxylation is 1. The molecule has 0 unspecified atom stereocenters. The van der Waals surface area contributed by atoms with Gasteiger partial charge in [-0.3, -0.25) is 4.79 Å². The van der Waals surface area contributed by atoms with Crippen LogP contribution in [0.4, 0.5) is 4.39 Å². The summed E-state index contributed by atoms with van der Waals surface area (Å²) in [4.78, 5) is 15.3. The number of benzene rings is 1. The van der Waals surface area contributed by atoms with Gasteiger partial charge < -0.3 is 4.90 Å². The maximum atomic E-state index is 13.5. The molecule has 0 aliphatic carbocycles. The largest absolute Gasteiger partial charge is 0.301 e. The first-order chi connectivity index (χ1) is 9.95. The van der Waals surface area contributed by atoms with E-state index in [4.69, 9.17) is 11.6 Å². The third kappa shape index (κ3) is 4.63. The molecule has 0 aliphatic rings. The third-order valence-electron chi connectivity index (χ3n) is 3.27. The van der Waals surface area contributed by atoms with Crippen LogP contribution < -0.4 is 0 Å². The highest BCUT2D eigenvalue weighted by atomic mass is 35.5. The number of carbonyl (C=O) groups is 1. The fourth-order valence-corrected chi connectivity index (χ4v) is 3.15. The van der Waals surface area contributed by atoms with Crippen molar-refractivity contribution in [3.8, 4) is 0 Å². The van der Waals surface area contributed by atoms with Gasteiger partial charge in [0.25, 0.3) is 0 Å². The first-order valence-corrected chi connectivity index (χ1v) is 7.87. The van der Waals surface area contributed by atoms with Crippen LogP contribution >= 0.6 is 22.9 Å². The van der Waals surface area contributed by atoms with E-state index in [0.29, 0.717) is 24.1 Å². The summed E-state index contributed by atoms with van der Waals surface area (Å²) in [5, 5.41) is 0. The number of ketones is 1. The number of Topliss-reactive ketones (excluding diaryl/α,β-unsaturated/α-hetero) is 1. The molecule has 0 fully saturated rings. The third-order valence-corrected chi connectivity index (χ3v) is 4.48. The maximum absolute atomic E-state index is 13.5. The van der Waals surface area contributed by atoms with Crippen LogP contribution in [0, 0.1) is 12.7 Å². The predicted octanol–water partition coefficient (Wildman–Crippen LogP) is 4.55. The van der Waals surface area contributed by atoms with Gasteiger partial charge in [-0.15, -0.1) is 11.3 Å². The number of hydrogen-bond acceptors (Lipinski definition) is 3. The van der Waals surface area contributed by atoms with Crippen LogP contribution in [0.3, 0.4) is 0 Å². The van der Waals surface area contributed by atoms with Gasteiger partial charge in [0.15, 0.2) is 5.78 Å². The second-order valence-electron chi connectivity index (χ2n) is 5.08. The average molecular weight is 326 g/mol. The van der Waals surface area contributed by atoms with E-state index < -0.39 is 0 Å². The molecular formula is C16H17ClFNOS. The van der Waals surface area contributed by atoms with Crippen molar-refractivity contribution in [1.29, 1.82) is 0 Å². The summed E-state index contributed by atoms with van der Waals surface area (Å²) in [5.74, 6) is -0.368. The van der Waals surface area contributed by atoms with Gasteiger partial charge in [0.1, 0.15) is 5.82 Å². The summed E-state index contributed by atoms with van der Waals surface area (Å²) in [7, 11) is 1.95. The fraction of sp³-hybridized carbons (Fsp3) is 0.312. The Morgan fingerprint density at radius 3 is 2.71 bits per heavy atom. The minimum Gasteiger partial charge on any atom is -0.301 e. The number of rotatable bonds is 6. The molecule has 0 atom stereocenters. The lowest BCUT2D eigenvalue weighted by Gasteiger charge is -2.15. The van der Waals surface area contributed by atoms with Gasteiger partial charge in [0, 0.05) is 30.0 Å². The summed E-state index contributed by atoms with van der Waals surface area (Å²) in [6.07, 6.45) is 0.373. The molecule has 2 rings (SSSR count). The van der Waals surface area contributed by atoms with Gasteiger partial charge in [-0.1, -0.05) is 23.7 Å². The first kappa shape index (κ1) is 16.1. The molecule has 0 saturated heterocycles. The second kappa shape index (κ2) is 7.16. The smallest absolute Gasteiger partial charge is 0.164 e. The molecular weight excluding hydrogens is 309 g/mol. The Kier molecular flexibility index (Phi) is 5.51. The summed E-state index contributed by atoms with van der Waals surface area (Å²) >= 11 is 7.43. The normalized spacial score (nSPS) is 11.1. The van der Waals surface area contributed by atoms with E-state index in [2.05, 4.69) is 4.90 Å². The first-order valence-electron chi connectivity index (χ1n) is 6.68. The molecule has 0 aliphatic heterocycles. The molecule has 2 aromatic rings. The molecule has 21 heavy (non-hydrogen) atoms. The summed E-state index contributed by atoms with van der Waals surface area (Å²) in [6.45, 7) is 3.07. The van der Waals surface area contributed by atoms with E-state index in [9.17, 15) is 9.18 Å². The lowest BCUT2D eigenvalue weighted by molar-refractivity contribution is 0.0967. The number of hydrogen-bond donors (Lipinski definition) is 0. The predicted molar refractivity (Wildman–Crippen MR) is 85.7 cm³/mol. The van der Waals surface area contributed by atoms with Crippen molar-refractivity contribution in [3.63, 3.8) is 0 Å². The number of carbonyl (C=O) groups excluding carboxylic acids is 1. The van der Waals surface area contributed by atoms with Crippen molar-refractivity contribution in [2.45, 2.75) is 19.9 Å². The Morgan fingerprint density at radius 2 is 2.10 bits per heavy atom. The van der Waals surface area contributed by atoms with Gasteiger partial charge in [-0.2, -0.15) is 0 Å². The molecule has 0 N–H and O–H groups in total. The fourth-order valence-electron chi connectivity index (χ4n) is 1.98. The summed E-state index contributed by atoms with van der Waals surface area (Å²) in [5.41, 5.74) is 0.990. The zero-order valence-electron chi connectivity index (χ0n) is 12.0. The van der Waals surface area contributed by atoms with Crippen molar-refractivity contribution in [2.24, 2.45) is 0 Å². The molecule has 0 amide bonds. The lowest BCUT2D eigenvalue weighted by atomic mass is 10.1. The zero-order valence-corrected chi connectivity index (χ0v) is 13.6. The van der Waals surface area contributed by atoms with E-state index in [0.717, 1.165) is 15.8 Å². The SMILES string of the molecule is Cc1ccc(C(=O)CCN(C)Cc2ccc(Cl)s2)cc1F. The van der Waals surface area contributed by atoms with Gasteiger partial charge >= 0.3 is 0 Å². The Bertz CT molecular complexity index is 641. The van der Waals surface area contributed by atoms with Gasteiger partial charge in [0.2, 0.25) is 0 Å². The van der Waals surface area contributed by atoms with Crippen molar-refractivity contribution in [3.05, 3.63) is 56.5 Å². The molecule has 112 valence electrons. The molecule has 5 heteroatoms. The van der Waals surface area contributed by atoms with Crippen LogP contribution in [0.15, 0.2) is 30.3 Å². The van der Waals surface area contributed by atoms with Crippen LogP contribution in [0.1, 0.15) is 27.2 Å². The van der Waals surface area contributed by atoms with Gasteiger partial charge in [-0.05, 0) is 37.7 Å². The van der Waals surface area contributed by atoms with E-state index in [1.165, 1.54) is 17.4 Å². The summed E-state index contributed by atoms with van der Waals surface area (Å²) in [6, 6.07) is 8.49. The molecule has 0 bridgehead atoms. The highest BCUT2D eigenvalue weighted by Gasteiger charge is 2.10. The molecule has 1 aromatic heterocycles. The Hall–Kier alpha value is -1.23. The van der Waals surface area contributed by atoms with Crippen LogP contribution in [0.25, 0.3) is 0 Å².